The van der Waals surface area contributed by atoms with E-state index in [2.05, 4.69) is 20.8 Å². The molecule has 1 atom stereocenters. The van der Waals surface area contributed by atoms with Gasteiger partial charge in [0.05, 0.1) is 6.42 Å². The van der Waals surface area contributed by atoms with E-state index in [0.29, 0.717) is 0 Å². The summed E-state index contributed by atoms with van der Waals surface area (Å²) in [4.78, 5) is 10.8. The monoisotopic (exact) mass is 240 g/mol. The second-order valence-corrected chi connectivity index (χ2v) is 4.93. The number of carboxylic acid groups (broad SMARTS) is 1. The second kappa shape index (κ2) is 5.94. The van der Waals surface area contributed by atoms with Gasteiger partial charge in [-0.3, -0.25) is 4.79 Å². The maximum atomic E-state index is 10.8. The summed E-state index contributed by atoms with van der Waals surface area (Å²) in [5, 5.41) is 8.91. The second-order valence-electron chi connectivity index (χ2n) is 4.93. The van der Waals surface area contributed by atoms with Crippen molar-refractivity contribution in [1.82, 2.24) is 0 Å². The van der Waals surface area contributed by atoms with E-state index in [1.165, 1.54) is 0 Å². The van der Waals surface area contributed by atoms with Crippen LogP contribution in [-0.4, -0.2) is 11.1 Å². The first-order valence-corrected chi connectivity index (χ1v) is 5.18. The summed E-state index contributed by atoms with van der Waals surface area (Å²) < 4.78 is 0. The lowest BCUT2D eigenvalue weighted by Gasteiger charge is -2.29. The van der Waals surface area contributed by atoms with Crippen LogP contribution in [-0.2, 0) is 4.79 Å². The molecule has 0 spiro atoms. The summed E-state index contributed by atoms with van der Waals surface area (Å²) >= 11 is 0. The van der Waals surface area contributed by atoms with Crippen LogP contribution in [0.3, 0.4) is 0 Å². The average Bonchev–Trinajstić information content (AvgIpc) is 2.14. The standard InChI is InChI=1S/C13H18O2.H2S/c1-13(2,3)11(9-12(14)15)10-7-5-4-6-8-10;/h4-8,11H,9H2,1-3H3,(H,14,15);1H2/t11-;/m1./s1. The highest BCUT2D eigenvalue weighted by atomic mass is 32.1. The Morgan fingerprint density at radius 1 is 1.25 bits per heavy atom. The number of aliphatic carboxylic acids is 1. The fraction of sp³-hybridized carbons (Fsp3) is 0.462. The lowest BCUT2D eigenvalue weighted by atomic mass is 9.75. The molecule has 90 valence electrons. The molecular weight excluding hydrogens is 220 g/mol. The highest BCUT2D eigenvalue weighted by molar-refractivity contribution is 7.59. The van der Waals surface area contributed by atoms with Crippen LogP contribution in [0.4, 0.5) is 0 Å². The Morgan fingerprint density at radius 2 is 1.75 bits per heavy atom. The fourth-order valence-electron chi connectivity index (χ4n) is 1.78. The van der Waals surface area contributed by atoms with E-state index in [-0.39, 0.29) is 31.2 Å². The Morgan fingerprint density at radius 3 is 2.12 bits per heavy atom. The first-order chi connectivity index (χ1) is 6.91. The smallest absolute Gasteiger partial charge is 0.303 e. The van der Waals surface area contributed by atoms with Crippen molar-refractivity contribution in [3.05, 3.63) is 35.9 Å². The molecule has 3 heteroatoms. The SMILES string of the molecule is CC(C)(C)[C@H](CC(=O)O)c1ccccc1.S. The molecule has 1 aromatic carbocycles. The summed E-state index contributed by atoms with van der Waals surface area (Å²) in [7, 11) is 0. The molecule has 0 aromatic heterocycles. The van der Waals surface area contributed by atoms with Crippen LogP contribution in [0.15, 0.2) is 30.3 Å². The average molecular weight is 240 g/mol. The molecule has 0 unspecified atom stereocenters. The molecule has 0 bridgehead atoms. The third-order valence-corrected chi connectivity index (χ3v) is 2.63. The van der Waals surface area contributed by atoms with Gasteiger partial charge in [-0.15, -0.1) is 0 Å². The number of hydrogen-bond donors (Lipinski definition) is 1. The quantitative estimate of drug-likeness (QED) is 0.879. The van der Waals surface area contributed by atoms with Gasteiger partial charge < -0.3 is 5.11 Å². The van der Waals surface area contributed by atoms with Crippen molar-refractivity contribution in [3.63, 3.8) is 0 Å². The van der Waals surface area contributed by atoms with Gasteiger partial charge in [-0.1, -0.05) is 51.1 Å². The van der Waals surface area contributed by atoms with E-state index in [0.717, 1.165) is 5.56 Å². The zero-order chi connectivity index (χ0) is 11.5. The molecule has 0 heterocycles. The largest absolute Gasteiger partial charge is 0.481 e. The van der Waals surface area contributed by atoms with E-state index < -0.39 is 5.97 Å². The molecular formula is C13H20O2S. The zero-order valence-corrected chi connectivity index (χ0v) is 11.0. The number of carbonyl (C=O) groups is 1. The van der Waals surface area contributed by atoms with Gasteiger partial charge in [0.25, 0.3) is 0 Å². The maximum absolute atomic E-state index is 10.8. The Labute approximate surface area is 104 Å². The van der Waals surface area contributed by atoms with E-state index >= 15 is 0 Å². The van der Waals surface area contributed by atoms with Crippen LogP contribution in [0.5, 0.6) is 0 Å². The van der Waals surface area contributed by atoms with Crippen molar-refractivity contribution in [1.29, 1.82) is 0 Å². The maximum Gasteiger partial charge on any atom is 0.303 e. The zero-order valence-electron chi connectivity index (χ0n) is 10.0. The van der Waals surface area contributed by atoms with Gasteiger partial charge in [0.1, 0.15) is 0 Å². The summed E-state index contributed by atoms with van der Waals surface area (Å²) in [6.45, 7) is 6.23. The molecule has 0 saturated heterocycles. The lowest BCUT2D eigenvalue weighted by molar-refractivity contribution is -0.138. The number of carboxylic acids is 1. The molecule has 0 aliphatic carbocycles. The minimum atomic E-state index is -0.737. The van der Waals surface area contributed by atoms with E-state index in [1.54, 1.807) is 0 Å². The van der Waals surface area contributed by atoms with Crippen molar-refractivity contribution in [3.8, 4) is 0 Å². The first kappa shape index (κ1) is 15.0. The highest BCUT2D eigenvalue weighted by Crippen LogP contribution is 2.37. The lowest BCUT2D eigenvalue weighted by Crippen LogP contribution is -2.21. The molecule has 0 aliphatic rings. The van der Waals surface area contributed by atoms with Crippen LogP contribution in [0, 0.1) is 5.41 Å². The van der Waals surface area contributed by atoms with Crippen LogP contribution in [0.2, 0.25) is 0 Å². The van der Waals surface area contributed by atoms with E-state index in [1.807, 2.05) is 30.3 Å². The number of hydrogen-bond acceptors (Lipinski definition) is 1. The van der Waals surface area contributed by atoms with Crippen molar-refractivity contribution in [2.24, 2.45) is 5.41 Å². The van der Waals surface area contributed by atoms with E-state index in [9.17, 15) is 4.79 Å². The minimum Gasteiger partial charge on any atom is -0.481 e. The van der Waals surface area contributed by atoms with Gasteiger partial charge >= 0.3 is 5.97 Å². The summed E-state index contributed by atoms with van der Waals surface area (Å²) in [5.74, 6) is -0.671. The molecule has 0 radical (unpaired) electrons. The van der Waals surface area contributed by atoms with Gasteiger partial charge in [0, 0.05) is 0 Å². The predicted molar refractivity (Wildman–Crippen MR) is 71.3 cm³/mol. The van der Waals surface area contributed by atoms with Crippen molar-refractivity contribution >= 4 is 19.5 Å². The van der Waals surface area contributed by atoms with Gasteiger partial charge in [-0.25, -0.2) is 0 Å². The van der Waals surface area contributed by atoms with Gasteiger partial charge in [-0.05, 0) is 16.9 Å². The Balaban J connectivity index is 0.00000225. The molecule has 0 amide bonds. The molecule has 0 saturated carbocycles. The molecule has 0 aliphatic heterocycles. The van der Waals surface area contributed by atoms with Crippen LogP contribution in [0.1, 0.15) is 38.7 Å². The first-order valence-electron chi connectivity index (χ1n) is 5.18. The van der Waals surface area contributed by atoms with Crippen molar-refractivity contribution in [2.75, 3.05) is 0 Å². The molecule has 1 rings (SSSR count). The summed E-state index contributed by atoms with van der Waals surface area (Å²) in [6, 6.07) is 9.85. The fourth-order valence-corrected chi connectivity index (χ4v) is 1.78. The Kier molecular flexibility index (Phi) is 5.59. The van der Waals surface area contributed by atoms with Gasteiger partial charge in [-0.2, -0.15) is 13.5 Å². The van der Waals surface area contributed by atoms with Crippen LogP contribution >= 0.6 is 13.5 Å². The topological polar surface area (TPSA) is 37.3 Å². The number of benzene rings is 1. The third-order valence-electron chi connectivity index (χ3n) is 2.63. The molecule has 0 fully saturated rings. The van der Waals surface area contributed by atoms with Crippen molar-refractivity contribution in [2.45, 2.75) is 33.1 Å². The van der Waals surface area contributed by atoms with Gasteiger partial charge in [0.2, 0.25) is 0 Å². The van der Waals surface area contributed by atoms with Gasteiger partial charge in [0.15, 0.2) is 0 Å². The number of rotatable bonds is 3. The molecule has 2 nitrogen and oxygen atoms in total. The van der Waals surface area contributed by atoms with Crippen LogP contribution in [0.25, 0.3) is 0 Å². The van der Waals surface area contributed by atoms with E-state index in [4.69, 9.17) is 5.11 Å². The summed E-state index contributed by atoms with van der Waals surface area (Å²) in [5.41, 5.74) is 1.08. The predicted octanol–water partition coefficient (Wildman–Crippen LogP) is 3.40. The third kappa shape index (κ3) is 4.27. The Hall–Kier alpha value is -0.960. The normalized spacial score (nSPS) is 12.7. The molecule has 16 heavy (non-hydrogen) atoms. The molecule has 1 N–H and O–H groups in total. The minimum absolute atomic E-state index is 0. The van der Waals surface area contributed by atoms with Crippen LogP contribution < -0.4 is 0 Å². The Bertz CT molecular complexity index is 328. The summed E-state index contributed by atoms with van der Waals surface area (Å²) in [6.07, 6.45) is 0.188. The highest BCUT2D eigenvalue weighted by Gasteiger charge is 2.28. The van der Waals surface area contributed by atoms with Crippen molar-refractivity contribution < 1.29 is 9.90 Å². The molecule has 1 aromatic rings.